The normalized spacial score (nSPS) is 17.3. The van der Waals surface area contributed by atoms with Crippen molar-refractivity contribution >= 4 is 80.6 Å². The second-order valence-electron chi connectivity index (χ2n) is 6.17. The van der Waals surface area contributed by atoms with Crippen molar-refractivity contribution in [2.75, 3.05) is 11.9 Å². The van der Waals surface area contributed by atoms with Crippen LogP contribution in [0.2, 0.25) is 0 Å². The summed E-state index contributed by atoms with van der Waals surface area (Å²) in [7, 11) is 0. The number of hydrogen-bond acceptors (Lipinski definition) is 5. The number of carboxylic acids is 1. The van der Waals surface area contributed by atoms with Gasteiger partial charge >= 0.3 is 5.97 Å². The summed E-state index contributed by atoms with van der Waals surface area (Å²) >= 11 is 5.63. The summed E-state index contributed by atoms with van der Waals surface area (Å²) in [4.78, 5) is 23.7. The van der Waals surface area contributed by atoms with Crippen molar-refractivity contribution in [2.45, 2.75) is 18.8 Å². The van der Waals surface area contributed by atoms with E-state index in [0.717, 1.165) is 24.8 Å². The van der Waals surface area contributed by atoms with Crippen LogP contribution in [0.25, 0.3) is 6.08 Å². The van der Waals surface area contributed by atoms with Crippen LogP contribution in [0.1, 0.15) is 18.1 Å². The predicted octanol–water partition coefficient (Wildman–Crippen LogP) is 4.52. The minimum Gasteiger partial charge on any atom is -0.480 e. The highest BCUT2D eigenvalue weighted by Gasteiger charge is 2.27. The SMILES string of the molecule is CCc1ccc(N[C@@H]2NC(=O)/C(=C/c3cc(I)c(OCC(=O)O)c(I)c3)S2)cc1. The van der Waals surface area contributed by atoms with Gasteiger partial charge in [-0.2, -0.15) is 0 Å². The summed E-state index contributed by atoms with van der Waals surface area (Å²) in [5, 5.41) is 15.0. The quantitative estimate of drug-likeness (QED) is 0.306. The Bertz CT molecular complexity index is 940. The summed E-state index contributed by atoms with van der Waals surface area (Å²) < 4.78 is 6.92. The first-order valence-corrected chi connectivity index (χ1v) is 11.8. The Morgan fingerprint density at radius 1 is 1.28 bits per heavy atom. The Hall–Kier alpha value is -1.47. The van der Waals surface area contributed by atoms with Crippen LogP contribution in [-0.2, 0) is 16.0 Å². The van der Waals surface area contributed by atoms with Gasteiger partial charge in [0.25, 0.3) is 5.91 Å². The van der Waals surface area contributed by atoms with Gasteiger partial charge < -0.3 is 20.5 Å². The smallest absolute Gasteiger partial charge is 0.341 e. The molecule has 0 saturated carbocycles. The minimum atomic E-state index is -1.02. The molecule has 1 aliphatic heterocycles. The molecule has 1 atom stereocenters. The zero-order valence-electron chi connectivity index (χ0n) is 15.4. The Morgan fingerprint density at radius 2 is 1.93 bits per heavy atom. The first-order chi connectivity index (χ1) is 13.9. The van der Waals surface area contributed by atoms with Crippen molar-refractivity contribution in [3.05, 3.63) is 59.6 Å². The number of thioether (sulfide) groups is 1. The second kappa shape index (κ2) is 10.0. The van der Waals surface area contributed by atoms with E-state index in [1.807, 2.05) is 30.3 Å². The Balaban J connectivity index is 1.71. The first-order valence-electron chi connectivity index (χ1n) is 8.74. The van der Waals surface area contributed by atoms with E-state index < -0.39 is 12.6 Å². The minimum absolute atomic E-state index is 0.131. The van der Waals surface area contributed by atoms with Crippen LogP contribution in [0.3, 0.4) is 0 Å². The number of anilines is 1. The van der Waals surface area contributed by atoms with E-state index >= 15 is 0 Å². The maximum atomic E-state index is 12.4. The van der Waals surface area contributed by atoms with Crippen LogP contribution in [0, 0.1) is 7.14 Å². The second-order valence-corrected chi connectivity index (χ2v) is 9.64. The fraction of sp³-hybridized carbons (Fsp3) is 0.200. The van der Waals surface area contributed by atoms with Crippen LogP contribution >= 0.6 is 56.9 Å². The Morgan fingerprint density at radius 3 is 2.52 bits per heavy atom. The summed E-state index contributed by atoms with van der Waals surface area (Å²) in [6, 6.07) is 11.9. The standard InChI is InChI=1S/C20H18I2N2O4S/c1-2-11-3-5-13(6-4-11)23-20-24-19(27)16(29-20)9-12-7-14(21)18(15(22)8-12)28-10-17(25)26/h3-9,20,23H,2,10H2,1H3,(H,24,27)(H,25,26)/b16-9-/t20-/m1/s1. The van der Waals surface area contributed by atoms with E-state index in [9.17, 15) is 9.59 Å². The van der Waals surface area contributed by atoms with Crippen LogP contribution in [0.5, 0.6) is 5.75 Å². The lowest BCUT2D eigenvalue weighted by atomic mass is 10.1. The molecule has 1 saturated heterocycles. The third-order valence-electron chi connectivity index (χ3n) is 4.05. The molecular formula is C20H18I2N2O4S. The largest absolute Gasteiger partial charge is 0.480 e. The zero-order chi connectivity index (χ0) is 21.0. The fourth-order valence-electron chi connectivity index (χ4n) is 2.64. The van der Waals surface area contributed by atoms with E-state index in [4.69, 9.17) is 9.84 Å². The molecule has 1 amide bonds. The van der Waals surface area contributed by atoms with Gasteiger partial charge in [-0.1, -0.05) is 30.8 Å². The molecule has 1 fully saturated rings. The van der Waals surface area contributed by atoms with Crippen molar-refractivity contribution < 1.29 is 19.4 Å². The summed E-state index contributed by atoms with van der Waals surface area (Å²) in [6.45, 7) is 1.72. The molecule has 0 aromatic heterocycles. The van der Waals surface area contributed by atoms with Crippen molar-refractivity contribution in [3.63, 3.8) is 0 Å². The highest BCUT2D eigenvalue weighted by molar-refractivity contribution is 14.1. The number of aliphatic carboxylic acids is 1. The third-order valence-corrected chi connectivity index (χ3v) is 6.68. The van der Waals surface area contributed by atoms with E-state index in [2.05, 4.69) is 74.9 Å². The maximum absolute atomic E-state index is 12.4. The summed E-state index contributed by atoms with van der Waals surface area (Å²) in [6.07, 6.45) is 2.81. The molecule has 2 aromatic carbocycles. The van der Waals surface area contributed by atoms with Crippen LogP contribution in [0.4, 0.5) is 5.69 Å². The molecule has 3 rings (SSSR count). The molecule has 0 radical (unpaired) electrons. The number of rotatable bonds is 7. The average Bonchev–Trinajstić information content (AvgIpc) is 3.00. The number of carboxylic acid groups (broad SMARTS) is 1. The molecule has 1 aliphatic rings. The number of aryl methyl sites for hydroxylation is 1. The maximum Gasteiger partial charge on any atom is 0.341 e. The average molecular weight is 636 g/mol. The van der Waals surface area contributed by atoms with Gasteiger partial charge in [-0.05, 0) is 93.1 Å². The van der Waals surface area contributed by atoms with E-state index in [0.29, 0.717) is 10.7 Å². The number of amides is 1. The number of carbonyl (C=O) groups excluding carboxylic acids is 1. The first kappa shape index (κ1) is 22.2. The van der Waals surface area contributed by atoms with Gasteiger partial charge in [-0.3, -0.25) is 4.79 Å². The molecule has 0 aliphatic carbocycles. The third kappa shape index (κ3) is 6.01. The van der Waals surface area contributed by atoms with Gasteiger partial charge in [-0.15, -0.1) is 0 Å². The molecule has 9 heteroatoms. The lowest BCUT2D eigenvalue weighted by Gasteiger charge is -2.13. The molecule has 6 nitrogen and oxygen atoms in total. The number of ether oxygens (including phenoxy) is 1. The zero-order valence-corrected chi connectivity index (χ0v) is 20.5. The van der Waals surface area contributed by atoms with Crippen LogP contribution in [-0.4, -0.2) is 29.1 Å². The summed E-state index contributed by atoms with van der Waals surface area (Å²) in [5.41, 5.74) is 2.83. The molecule has 0 unspecified atom stereocenters. The molecule has 2 aromatic rings. The topological polar surface area (TPSA) is 87.7 Å². The number of hydrogen-bond donors (Lipinski definition) is 3. The molecular weight excluding hydrogens is 618 g/mol. The van der Waals surface area contributed by atoms with Gasteiger partial charge in [0, 0.05) is 5.69 Å². The highest BCUT2D eigenvalue weighted by Crippen LogP contribution is 2.33. The lowest BCUT2D eigenvalue weighted by Crippen LogP contribution is -2.30. The number of benzene rings is 2. The molecule has 3 N–H and O–H groups in total. The van der Waals surface area contributed by atoms with Crippen molar-refractivity contribution in [1.82, 2.24) is 5.32 Å². The number of halogens is 2. The van der Waals surface area contributed by atoms with Crippen LogP contribution in [0.15, 0.2) is 41.3 Å². The van der Waals surface area contributed by atoms with Crippen molar-refractivity contribution in [3.8, 4) is 5.75 Å². The van der Waals surface area contributed by atoms with E-state index in [1.165, 1.54) is 17.3 Å². The van der Waals surface area contributed by atoms with Crippen LogP contribution < -0.4 is 15.4 Å². The summed E-state index contributed by atoms with van der Waals surface area (Å²) in [5.74, 6) is -0.618. The predicted molar refractivity (Wildman–Crippen MR) is 132 cm³/mol. The van der Waals surface area contributed by atoms with E-state index in [-0.39, 0.29) is 11.4 Å². The van der Waals surface area contributed by atoms with Crippen molar-refractivity contribution in [1.29, 1.82) is 0 Å². The monoisotopic (exact) mass is 636 g/mol. The van der Waals surface area contributed by atoms with Gasteiger partial charge in [0.15, 0.2) is 12.1 Å². The molecule has 1 heterocycles. The van der Waals surface area contributed by atoms with E-state index in [1.54, 1.807) is 0 Å². The fourth-order valence-corrected chi connectivity index (χ4v) is 5.75. The van der Waals surface area contributed by atoms with Gasteiger partial charge in [-0.25, -0.2) is 4.79 Å². The number of nitrogens with one attached hydrogen (secondary N) is 2. The molecule has 0 bridgehead atoms. The molecule has 29 heavy (non-hydrogen) atoms. The Labute approximate surface area is 200 Å². The number of carbonyl (C=O) groups is 2. The Kier molecular flexibility index (Phi) is 7.68. The van der Waals surface area contributed by atoms with Crippen molar-refractivity contribution in [2.24, 2.45) is 0 Å². The molecule has 0 spiro atoms. The highest BCUT2D eigenvalue weighted by atomic mass is 127. The van der Waals surface area contributed by atoms with Gasteiger partial charge in [0.2, 0.25) is 0 Å². The van der Waals surface area contributed by atoms with Gasteiger partial charge in [0.1, 0.15) is 5.75 Å². The molecule has 152 valence electrons. The van der Waals surface area contributed by atoms with Gasteiger partial charge in [0.05, 0.1) is 12.0 Å². The lowest BCUT2D eigenvalue weighted by molar-refractivity contribution is -0.139.